The SMILES string of the molecule is CC(=O)N1CCC(CCON)CC1. The van der Waals surface area contributed by atoms with E-state index in [1.165, 1.54) is 0 Å². The van der Waals surface area contributed by atoms with Crippen LogP contribution in [0.25, 0.3) is 0 Å². The Kier molecular flexibility index (Phi) is 4.18. The average molecular weight is 186 g/mol. The van der Waals surface area contributed by atoms with Crippen molar-refractivity contribution in [3.8, 4) is 0 Å². The fraction of sp³-hybridized carbons (Fsp3) is 0.889. The highest BCUT2D eigenvalue weighted by Gasteiger charge is 2.19. The first-order valence-corrected chi connectivity index (χ1v) is 4.81. The van der Waals surface area contributed by atoms with E-state index in [1.54, 1.807) is 6.92 Å². The summed E-state index contributed by atoms with van der Waals surface area (Å²) < 4.78 is 0. The van der Waals surface area contributed by atoms with Crippen LogP contribution in [-0.4, -0.2) is 30.5 Å². The number of carbonyl (C=O) groups excluding carboxylic acids is 1. The highest BCUT2D eigenvalue weighted by Crippen LogP contribution is 2.19. The molecule has 76 valence electrons. The third kappa shape index (κ3) is 3.32. The summed E-state index contributed by atoms with van der Waals surface area (Å²) in [6, 6.07) is 0. The quantitative estimate of drug-likeness (QED) is 0.654. The minimum atomic E-state index is 0.188. The second-order valence-electron chi connectivity index (χ2n) is 3.61. The molecule has 0 saturated carbocycles. The van der Waals surface area contributed by atoms with Crippen LogP contribution >= 0.6 is 0 Å². The molecule has 1 aliphatic heterocycles. The minimum Gasteiger partial charge on any atom is -0.343 e. The molecular weight excluding hydrogens is 168 g/mol. The molecule has 4 nitrogen and oxygen atoms in total. The fourth-order valence-corrected chi connectivity index (χ4v) is 1.77. The molecule has 1 saturated heterocycles. The molecule has 0 spiro atoms. The molecule has 1 rings (SSSR count). The van der Waals surface area contributed by atoms with E-state index >= 15 is 0 Å². The van der Waals surface area contributed by atoms with Crippen LogP contribution in [0.4, 0.5) is 0 Å². The van der Waals surface area contributed by atoms with Crippen molar-refractivity contribution in [2.75, 3.05) is 19.7 Å². The van der Waals surface area contributed by atoms with Crippen LogP contribution in [0.1, 0.15) is 26.2 Å². The van der Waals surface area contributed by atoms with Gasteiger partial charge in [-0.25, -0.2) is 5.90 Å². The predicted molar refractivity (Wildman–Crippen MR) is 49.7 cm³/mol. The molecule has 0 aromatic heterocycles. The lowest BCUT2D eigenvalue weighted by Gasteiger charge is -2.31. The number of likely N-dealkylation sites (tertiary alicyclic amines) is 1. The summed E-state index contributed by atoms with van der Waals surface area (Å²) in [5, 5.41) is 0. The number of nitrogens with zero attached hydrogens (tertiary/aromatic N) is 1. The molecule has 1 aliphatic rings. The van der Waals surface area contributed by atoms with Crippen molar-refractivity contribution in [3.63, 3.8) is 0 Å². The Balaban J connectivity index is 2.18. The largest absolute Gasteiger partial charge is 0.343 e. The molecule has 0 aromatic rings. The zero-order chi connectivity index (χ0) is 9.68. The summed E-state index contributed by atoms with van der Waals surface area (Å²) in [5.41, 5.74) is 0. The van der Waals surface area contributed by atoms with Crippen LogP contribution in [0, 0.1) is 5.92 Å². The van der Waals surface area contributed by atoms with Crippen molar-refractivity contribution in [2.24, 2.45) is 11.8 Å². The lowest BCUT2D eigenvalue weighted by Crippen LogP contribution is -2.37. The van der Waals surface area contributed by atoms with Crippen LogP contribution in [0.3, 0.4) is 0 Å². The van der Waals surface area contributed by atoms with Gasteiger partial charge in [0, 0.05) is 20.0 Å². The van der Waals surface area contributed by atoms with E-state index in [1.807, 2.05) is 4.90 Å². The molecule has 0 radical (unpaired) electrons. The van der Waals surface area contributed by atoms with E-state index in [2.05, 4.69) is 4.84 Å². The van der Waals surface area contributed by atoms with Crippen molar-refractivity contribution in [1.82, 2.24) is 4.90 Å². The standard InChI is InChI=1S/C9H18N2O2/c1-8(12)11-5-2-9(3-6-11)4-7-13-10/h9H,2-7,10H2,1H3. The molecule has 1 heterocycles. The Labute approximate surface area is 79.0 Å². The van der Waals surface area contributed by atoms with E-state index in [9.17, 15) is 4.79 Å². The van der Waals surface area contributed by atoms with Gasteiger partial charge in [-0.2, -0.15) is 0 Å². The summed E-state index contributed by atoms with van der Waals surface area (Å²) in [6.45, 7) is 4.04. The van der Waals surface area contributed by atoms with Gasteiger partial charge in [0.25, 0.3) is 0 Å². The molecule has 13 heavy (non-hydrogen) atoms. The predicted octanol–water partition coefficient (Wildman–Crippen LogP) is 0.525. The van der Waals surface area contributed by atoms with E-state index in [0.717, 1.165) is 32.4 Å². The van der Waals surface area contributed by atoms with Crippen LogP contribution < -0.4 is 5.90 Å². The number of rotatable bonds is 3. The fourth-order valence-electron chi connectivity index (χ4n) is 1.77. The van der Waals surface area contributed by atoms with Crippen molar-refractivity contribution in [1.29, 1.82) is 0 Å². The Bertz CT molecular complexity index is 165. The third-order valence-corrected chi connectivity index (χ3v) is 2.70. The molecule has 1 amide bonds. The first-order valence-electron chi connectivity index (χ1n) is 4.81. The molecular formula is C9H18N2O2. The second kappa shape index (κ2) is 5.19. The molecule has 2 N–H and O–H groups in total. The van der Waals surface area contributed by atoms with Crippen LogP contribution in [0.2, 0.25) is 0 Å². The maximum Gasteiger partial charge on any atom is 0.219 e. The molecule has 0 aromatic carbocycles. The van der Waals surface area contributed by atoms with Gasteiger partial charge in [0.2, 0.25) is 5.91 Å². The molecule has 1 fully saturated rings. The van der Waals surface area contributed by atoms with Crippen LogP contribution in [-0.2, 0) is 9.63 Å². The van der Waals surface area contributed by atoms with Crippen LogP contribution in [0.15, 0.2) is 0 Å². The Morgan fingerprint density at radius 1 is 1.54 bits per heavy atom. The minimum absolute atomic E-state index is 0.188. The Morgan fingerprint density at radius 3 is 2.62 bits per heavy atom. The Morgan fingerprint density at radius 2 is 2.15 bits per heavy atom. The maximum absolute atomic E-state index is 11.0. The smallest absolute Gasteiger partial charge is 0.219 e. The zero-order valence-electron chi connectivity index (χ0n) is 8.16. The molecule has 0 atom stereocenters. The summed E-state index contributed by atoms with van der Waals surface area (Å²) in [6.07, 6.45) is 3.19. The normalized spacial score (nSPS) is 19.1. The van der Waals surface area contributed by atoms with Gasteiger partial charge in [0.05, 0.1) is 6.61 Å². The lowest BCUT2D eigenvalue weighted by atomic mass is 9.94. The number of nitrogens with two attached hydrogens (primary N) is 1. The van der Waals surface area contributed by atoms with Gasteiger partial charge in [-0.05, 0) is 25.2 Å². The topological polar surface area (TPSA) is 55.6 Å². The van der Waals surface area contributed by atoms with Crippen molar-refractivity contribution in [2.45, 2.75) is 26.2 Å². The highest BCUT2D eigenvalue weighted by molar-refractivity contribution is 5.73. The number of piperidine rings is 1. The van der Waals surface area contributed by atoms with Gasteiger partial charge >= 0.3 is 0 Å². The first-order chi connectivity index (χ1) is 6.24. The van der Waals surface area contributed by atoms with Crippen LogP contribution in [0.5, 0.6) is 0 Å². The first kappa shape index (κ1) is 10.5. The van der Waals surface area contributed by atoms with Gasteiger partial charge in [0.1, 0.15) is 0 Å². The van der Waals surface area contributed by atoms with Crippen molar-refractivity contribution >= 4 is 5.91 Å². The van der Waals surface area contributed by atoms with E-state index in [0.29, 0.717) is 12.5 Å². The maximum atomic E-state index is 11.0. The lowest BCUT2D eigenvalue weighted by molar-refractivity contribution is -0.130. The molecule has 0 aliphatic carbocycles. The van der Waals surface area contributed by atoms with Gasteiger partial charge in [-0.1, -0.05) is 0 Å². The Hall–Kier alpha value is -0.610. The monoisotopic (exact) mass is 186 g/mol. The van der Waals surface area contributed by atoms with Gasteiger partial charge < -0.3 is 9.74 Å². The van der Waals surface area contributed by atoms with E-state index in [4.69, 9.17) is 5.90 Å². The van der Waals surface area contributed by atoms with Crippen molar-refractivity contribution in [3.05, 3.63) is 0 Å². The van der Waals surface area contributed by atoms with Gasteiger partial charge in [-0.15, -0.1) is 0 Å². The molecule has 4 heteroatoms. The zero-order valence-corrected chi connectivity index (χ0v) is 8.16. The number of carbonyl (C=O) groups is 1. The molecule has 0 bridgehead atoms. The summed E-state index contributed by atoms with van der Waals surface area (Å²) in [4.78, 5) is 17.4. The van der Waals surface area contributed by atoms with E-state index in [-0.39, 0.29) is 5.91 Å². The number of hydrogen-bond acceptors (Lipinski definition) is 3. The summed E-state index contributed by atoms with van der Waals surface area (Å²) in [7, 11) is 0. The van der Waals surface area contributed by atoms with Gasteiger partial charge in [-0.3, -0.25) is 4.79 Å². The second-order valence-corrected chi connectivity index (χ2v) is 3.61. The van der Waals surface area contributed by atoms with Gasteiger partial charge in [0.15, 0.2) is 0 Å². The highest BCUT2D eigenvalue weighted by atomic mass is 16.6. The number of hydrogen-bond donors (Lipinski definition) is 1. The third-order valence-electron chi connectivity index (χ3n) is 2.70. The summed E-state index contributed by atoms with van der Waals surface area (Å²) >= 11 is 0. The van der Waals surface area contributed by atoms with Crippen molar-refractivity contribution < 1.29 is 9.63 Å². The average Bonchev–Trinajstić information content (AvgIpc) is 2.15. The molecule has 0 unspecified atom stereocenters. The van der Waals surface area contributed by atoms with E-state index < -0.39 is 0 Å². The summed E-state index contributed by atoms with van der Waals surface area (Å²) in [5.74, 6) is 5.82. The number of amides is 1.